The van der Waals surface area contributed by atoms with Crippen LogP contribution in [0.25, 0.3) is 11.3 Å². The number of anilines is 1. The van der Waals surface area contributed by atoms with Gasteiger partial charge in [-0.15, -0.1) is 0 Å². The van der Waals surface area contributed by atoms with Gasteiger partial charge in [0.15, 0.2) is 0 Å². The van der Waals surface area contributed by atoms with Gasteiger partial charge >= 0.3 is 6.03 Å². The molecule has 22 heavy (non-hydrogen) atoms. The first-order valence-electron chi connectivity index (χ1n) is 6.99. The van der Waals surface area contributed by atoms with Crippen LogP contribution in [0.1, 0.15) is 5.56 Å². The van der Waals surface area contributed by atoms with Gasteiger partial charge in [-0.3, -0.25) is 0 Å². The average molecular weight is 292 g/mol. The molecule has 0 aliphatic carbocycles. The molecule has 0 aliphatic rings. The van der Waals surface area contributed by atoms with Crippen LogP contribution in [0.2, 0.25) is 0 Å². The van der Waals surface area contributed by atoms with Gasteiger partial charge in [0.1, 0.15) is 0 Å². The van der Waals surface area contributed by atoms with Gasteiger partial charge in [-0.2, -0.15) is 0 Å². The number of urea groups is 1. The van der Waals surface area contributed by atoms with Crippen LogP contribution in [0, 0.1) is 0 Å². The van der Waals surface area contributed by atoms with Crippen molar-refractivity contribution < 1.29 is 4.79 Å². The molecule has 1 heterocycles. The van der Waals surface area contributed by atoms with Gasteiger partial charge in [-0.05, 0) is 17.7 Å². The van der Waals surface area contributed by atoms with E-state index in [4.69, 9.17) is 0 Å². The summed E-state index contributed by atoms with van der Waals surface area (Å²) in [6.45, 7) is 0.493. The highest BCUT2D eigenvalue weighted by Gasteiger charge is 2.04. The van der Waals surface area contributed by atoms with E-state index in [0.717, 1.165) is 22.5 Å². The van der Waals surface area contributed by atoms with E-state index < -0.39 is 0 Å². The molecule has 0 saturated carbocycles. The fourth-order valence-electron chi connectivity index (χ4n) is 2.13. The summed E-state index contributed by atoms with van der Waals surface area (Å²) in [7, 11) is 0. The topological polar surface area (TPSA) is 69.8 Å². The number of rotatable bonds is 4. The number of H-pyrrole nitrogens is 1. The number of aromatic nitrogens is 2. The largest absolute Gasteiger partial charge is 0.345 e. The van der Waals surface area contributed by atoms with Gasteiger partial charge < -0.3 is 15.6 Å². The summed E-state index contributed by atoms with van der Waals surface area (Å²) < 4.78 is 0. The molecule has 0 radical (unpaired) electrons. The highest BCUT2D eigenvalue weighted by Crippen LogP contribution is 2.20. The van der Waals surface area contributed by atoms with Crippen molar-refractivity contribution in [1.29, 1.82) is 0 Å². The lowest BCUT2D eigenvalue weighted by Gasteiger charge is -2.08. The van der Waals surface area contributed by atoms with E-state index in [0.29, 0.717) is 6.54 Å². The normalized spacial score (nSPS) is 10.2. The van der Waals surface area contributed by atoms with Crippen molar-refractivity contribution in [3.63, 3.8) is 0 Å². The molecule has 0 unspecified atom stereocenters. The molecule has 2 amide bonds. The molecule has 2 aromatic carbocycles. The maximum atomic E-state index is 11.9. The van der Waals surface area contributed by atoms with E-state index in [1.807, 2.05) is 54.6 Å². The SMILES string of the molecule is O=C(NCc1ccccc1)Nc1cccc(-c2cnc[nH]2)c1. The first kappa shape index (κ1) is 13.9. The van der Waals surface area contributed by atoms with E-state index >= 15 is 0 Å². The van der Waals surface area contributed by atoms with E-state index in [9.17, 15) is 4.79 Å². The van der Waals surface area contributed by atoms with Crippen LogP contribution in [-0.4, -0.2) is 16.0 Å². The van der Waals surface area contributed by atoms with Crippen molar-refractivity contribution in [2.75, 3.05) is 5.32 Å². The zero-order valence-corrected chi connectivity index (χ0v) is 11.9. The van der Waals surface area contributed by atoms with Crippen molar-refractivity contribution in [2.24, 2.45) is 0 Å². The third-order valence-corrected chi connectivity index (χ3v) is 3.23. The lowest BCUT2D eigenvalue weighted by atomic mass is 10.1. The number of carbonyl (C=O) groups excluding carboxylic acids is 1. The monoisotopic (exact) mass is 292 g/mol. The van der Waals surface area contributed by atoms with Gasteiger partial charge in [0.2, 0.25) is 0 Å². The number of nitrogens with zero attached hydrogens (tertiary/aromatic N) is 1. The Morgan fingerprint density at radius 2 is 1.95 bits per heavy atom. The summed E-state index contributed by atoms with van der Waals surface area (Å²) in [5.74, 6) is 0. The van der Waals surface area contributed by atoms with Crippen molar-refractivity contribution in [1.82, 2.24) is 15.3 Å². The minimum absolute atomic E-state index is 0.231. The molecule has 0 fully saturated rings. The van der Waals surface area contributed by atoms with Gasteiger partial charge in [0, 0.05) is 17.8 Å². The molecule has 110 valence electrons. The number of hydrogen-bond donors (Lipinski definition) is 3. The second-order valence-electron chi connectivity index (χ2n) is 4.84. The van der Waals surface area contributed by atoms with Crippen LogP contribution in [0.15, 0.2) is 67.1 Å². The van der Waals surface area contributed by atoms with Gasteiger partial charge in [0.25, 0.3) is 0 Å². The standard InChI is InChI=1S/C17H16N4O/c22-17(19-10-13-5-2-1-3-6-13)21-15-8-4-7-14(9-15)16-11-18-12-20-16/h1-9,11-12H,10H2,(H,18,20)(H2,19,21,22). The first-order chi connectivity index (χ1) is 10.8. The number of carbonyl (C=O) groups is 1. The molecule has 0 atom stereocenters. The Bertz CT molecular complexity index is 738. The van der Waals surface area contributed by atoms with E-state index in [1.165, 1.54) is 0 Å². The molecule has 3 aromatic rings. The maximum Gasteiger partial charge on any atom is 0.319 e. The quantitative estimate of drug-likeness (QED) is 0.689. The lowest BCUT2D eigenvalue weighted by Crippen LogP contribution is -2.28. The maximum absolute atomic E-state index is 11.9. The molecular formula is C17H16N4O. The van der Waals surface area contributed by atoms with Crippen molar-refractivity contribution in [3.05, 3.63) is 72.7 Å². The second-order valence-corrected chi connectivity index (χ2v) is 4.84. The number of amides is 2. The number of nitrogens with one attached hydrogen (secondary N) is 3. The summed E-state index contributed by atoms with van der Waals surface area (Å²) in [5.41, 5.74) is 3.67. The van der Waals surface area contributed by atoms with Crippen molar-refractivity contribution >= 4 is 11.7 Å². The zero-order valence-electron chi connectivity index (χ0n) is 11.9. The Hall–Kier alpha value is -3.08. The molecule has 5 heteroatoms. The first-order valence-corrected chi connectivity index (χ1v) is 6.99. The summed E-state index contributed by atoms with van der Waals surface area (Å²) in [6, 6.07) is 17.2. The predicted octanol–water partition coefficient (Wildman–Crippen LogP) is 3.40. The van der Waals surface area contributed by atoms with Crippen LogP contribution in [0.3, 0.4) is 0 Å². The molecule has 5 nitrogen and oxygen atoms in total. The number of hydrogen-bond acceptors (Lipinski definition) is 2. The molecule has 3 N–H and O–H groups in total. The Morgan fingerprint density at radius 1 is 1.09 bits per heavy atom. The minimum atomic E-state index is -0.231. The molecule has 0 saturated heterocycles. The number of benzene rings is 2. The Balaban J connectivity index is 1.61. The Morgan fingerprint density at radius 3 is 2.73 bits per heavy atom. The minimum Gasteiger partial charge on any atom is -0.345 e. The van der Waals surface area contributed by atoms with Crippen LogP contribution in [0.5, 0.6) is 0 Å². The molecule has 0 bridgehead atoms. The fourth-order valence-corrected chi connectivity index (χ4v) is 2.13. The third-order valence-electron chi connectivity index (χ3n) is 3.23. The fraction of sp³-hybridized carbons (Fsp3) is 0.0588. The summed E-state index contributed by atoms with van der Waals surface area (Å²) in [5, 5.41) is 5.66. The van der Waals surface area contributed by atoms with E-state index in [1.54, 1.807) is 12.5 Å². The smallest absolute Gasteiger partial charge is 0.319 e. The number of aromatic amines is 1. The van der Waals surface area contributed by atoms with Crippen LogP contribution >= 0.6 is 0 Å². The van der Waals surface area contributed by atoms with Crippen LogP contribution < -0.4 is 10.6 Å². The second kappa shape index (κ2) is 6.58. The summed E-state index contributed by atoms with van der Waals surface area (Å²) in [6.07, 6.45) is 3.37. The molecule has 0 spiro atoms. The average Bonchev–Trinajstić information content (AvgIpc) is 3.09. The Kier molecular flexibility index (Phi) is 4.15. The van der Waals surface area contributed by atoms with Crippen molar-refractivity contribution in [2.45, 2.75) is 6.54 Å². The third kappa shape index (κ3) is 3.52. The molecule has 1 aromatic heterocycles. The van der Waals surface area contributed by atoms with E-state index in [2.05, 4.69) is 20.6 Å². The zero-order chi connectivity index (χ0) is 15.2. The predicted molar refractivity (Wildman–Crippen MR) is 86.3 cm³/mol. The van der Waals surface area contributed by atoms with Crippen LogP contribution in [0.4, 0.5) is 10.5 Å². The highest BCUT2D eigenvalue weighted by molar-refractivity contribution is 5.89. The number of imidazole rings is 1. The van der Waals surface area contributed by atoms with Crippen molar-refractivity contribution in [3.8, 4) is 11.3 Å². The van der Waals surface area contributed by atoms with E-state index in [-0.39, 0.29) is 6.03 Å². The molecular weight excluding hydrogens is 276 g/mol. The lowest BCUT2D eigenvalue weighted by molar-refractivity contribution is 0.251. The molecule has 3 rings (SSSR count). The van der Waals surface area contributed by atoms with Crippen LogP contribution in [-0.2, 0) is 6.54 Å². The van der Waals surface area contributed by atoms with Gasteiger partial charge in [0.05, 0.1) is 18.2 Å². The Labute approximate surface area is 128 Å². The highest BCUT2D eigenvalue weighted by atomic mass is 16.2. The van der Waals surface area contributed by atoms with Gasteiger partial charge in [-0.25, -0.2) is 9.78 Å². The summed E-state index contributed by atoms with van der Waals surface area (Å²) >= 11 is 0. The summed E-state index contributed by atoms with van der Waals surface area (Å²) in [4.78, 5) is 19.0. The molecule has 0 aliphatic heterocycles. The van der Waals surface area contributed by atoms with Gasteiger partial charge in [-0.1, -0.05) is 42.5 Å².